The fraction of sp³-hybridized carbons (Fsp3) is 0.667. The molecule has 1 aliphatic rings. The van der Waals surface area contributed by atoms with Crippen LogP contribution in [0.25, 0.3) is 0 Å². The zero-order valence-electron chi connectivity index (χ0n) is 13.3. The third-order valence-corrected chi connectivity index (χ3v) is 6.30. The first kappa shape index (κ1) is 16.4. The first-order chi connectivity index (χ1) is 9.77. The topological polar surface area (TPSA) is 62.3 Å². The molecular formula is C15H25N3O2S. The van der Waals surface area contributed by atoms with Crippen LogP contribution in [-0.2, 0) is 16.6 Å². The molecule has 1 saturated carbocycles. The summed E-state index contributed by atoms with van der Waals surface area (Å²) in [6, 6.07) is 4.06. The summed E-state index contributed by atoms with van der Waals surface area (Å²) in [5.41, 5.74) is 0.588. The molecule has 0 aliphatic heterocycles. The van der Waals surface area contributed by atoms with Gasteiger partial charge < -0.3 is 5.32 Å². The van der Waals surface area contributed by atoms with Crippen molar-refractivity contribution in [3.8, 4) is 0 Å². The largest absolute Gasteiger partial charge is 0.310 e. The second kappa shape index (κ2) is 6.02. The van der Waals surface area contributed by atoms with Crippen LogP contribution in [0.4, 0.5) is 0 Å². The van der Waals surface area contributed by atoms with Crippen molar-refractivity contribution in [2.75, 3.05) is 7.05 Å². The van der Waals surface area contributed by atoms with E-state index >= 15 is 0 Å². The molecule has 1 aromatic heterocycles. The van der Waals surface area contributed by atoms with Gasteiger partial charge in [-0.3, -0.25) is 0 Å². The van der Waals surface area contributed by atoms with Gasteiger partial charge in [-0.2, -0.15) is 4.31 Å². The Morgan fingerprint density at radius 1 is 1.38 bits per heavy atom. The number of nitrogens with zero attached hydrogens (tertiary/aromatic N) is 2. The van der Waals surface area contributed by atoms with Gasteiger partial charge in [0.05, 0.1) is 0 Å². The Balaban J connectivity index is 2.12. The smallest absolute Gasteiger partial charge is 0.260 e. The molecule has 1 N–H and O–H groups in total. The molecule has 5 nitrogen and oxygen atoms in total. The molecule has 0 unspecified atom stereocenters. The van der Waals surface area contributed by atoms with E-state index in [0.717, 1.165) is 18.5 Å². The minimum atomic E-state index is -3.54. The Kier molecular flexibility index (Phi) is 4.70. The second-order valence-electron chi connectivity index (χ2n) is 6.30. The highest BCUT2D eigenvalue weighted by molar-refractivity contribution is 7.89. The summed E-state index contributed by atoms with van der Waals surface area (Å²) >= 11 is 0. The third kappa shape index (κ3) is 3.81. The van der Waals surface area contributed by atoms with Gasteiger partial charge in [0.1, 0.15) is 0 Å². The van der Waals surface area contributed by atoms with Gasteiger partial charge in [-0.25, -0.2) is 13.4 Å². The van der Waals surface area contributed by atoms with Gasteiger partial charge in [0.2, 0.25) is 0 Å². The summed E-state index contributed by atoms with van der Waals surface area (Å²) in [6.45, 7) is 6.55. The molecule has 6 heteroatoms. The predicted octanol–water partition coefficient (Wildman–Crippen LogP) is 2.14. The highest BCUT2D eigenvalue weighted by Crippen LogP contribution is 2.24. The van der Waals surface area contributed by atoms with Crippen LogP contribution in [-0.4, -0.2) is 36.3 Å². The predicted molar refractivity (Wildman–Crippen MR) is 83.4 cm³/mol. The molecule has 0 atom stereocenters. The van der Waals surface area contributed by atoms with Crippen LogP contribution in [0.15, 0.2) is 23.4 Å². The van der Waals surface area contributed by atoms with Gasteiger partial charge in [0, 0.05) is 31.4 Å². The third-order valence-electron chi connectivity index (χ3n) is 4.31. The lowest BCUT2D eigenvalue weighted by Crippen LogP contribution is -2.44. The van der Waals surface area contributed by atoms with E-state index in [2.05, 4.69) is 10.3 Å². The van der Waals surface area contributed by atoms with E-state index < -0.39 is 15.6 Å². The molecule has 0 saturated heterocycles. The molecule has 0 aromatic carbocycles. The molecule has 21 heavy (non-hydrogen) atoms. The first-order valence-corrected chi connectivity index (χ1v) is 8.89. The SMILES string of the molecule is CCC(C)(C)N(C)S(=O)(=O)c1ccc(CNC2CC2)cn1. The van der Waals surface area contributed by atoms with Crippen LogP contribution in [0.2, 0.25) is 0 Å². The molecule has 1 aliphatic carbocycles. The minimum absolute atomic E-state index is 0.113. The fourth-order valence-electron chi connectivity index (χ4n) is 1.91. The maximum absolute atomic E-state index is 12.6. The summed E-state index contributed by atoms with van der Waals surface area (Å²) in [6.07, 6.45) is 4.86. The van der Waals surface area contributed by atoms with Crippen LogP contribution in [0, 0.1) is 0 Å². The van der Waals surface area contributed by atoms with Gasteiger partial charge in [0.15, 0.2) is 5.03 Å². The number of hydrogen-bond donors (Lipinski definition) is 1. The van der Waals surface area contributed by atoms with Crippen molar-refractivity contribution < 1.29 is 8.42 Å². The second-order valence-corrected chi connectivity index (χ2v) is 8.21. The van der Waals surface area contributed by atoms with Gasteiger partial charge >= 0.3 is 0 Å². The number of hydrogen-bond acceptors (Lipinski definition) is 4. The first-order valence-electron chi connectivity index (χ1n) is 7.44. The molecule has 0 bridgehead atoms. The lowest BCUT2D eigenvalue weighted by atomic mass is 10.0. The maximum atomic E-state index is 12.6. The quantitative estimate of drug-likeness (QED) is 0.838. The van der Waals surface area contributed by atoms with E-state index in [1.807, 2.05) is 26.8 Å². The van der Waals surface area contributed by atoms with E-state index in [1.54, 1.807) is 19.3 Å². The lowest BCUT2D eigenvalue weighted by molar-refractivity contribution is 0.256. The van der Waals surface area contributed by atoms with Gasteiger partial charge in [-0.05, 0) is 44.7 Å². The van der Waals surface area contributed by atoms with E-state index in [0.29, 0.717) is 6.04 Å². The molecule has 118 valence electrons. The lowest BCUT2D eigenvalue weighted by Gasteiger charge is -2.33. The van der Waals surface area contributed by atoms with Crippen LogP contribution in [0.3, 0.4) is 0 Å². The van der Waals surface area contributed by atoms with Crippen molar-refractivity contribution in [1.82, 2.24) is 14.6 Å². The van der Waals surface area contributed by atoms with Crippen LogP contribution >= 0.6 is 0 Å². The zero-order valence-corrected chi connectivity index (χ0v) is 14.1. The highest BCUT2D eigenvalue weighted by atomic mass is 32.2. The fourth-order valence-corrected chi connectivity index (χ4v) is 3.39. The standard InChI is InChI=1S/C15H25N3O2S/c1-5-15(2,3)18(4)21(19,20)14-9-6-12(11-17-14)10-16-13-7-8-13/h6,9,11,13,16H,5,7-8,10H2,1-4H3. The zero-order chi connectivity index (χ0) is 15.7. The summed E-state index contributed by atoms with van der Waals surface area (Å²) in [5.74, 6) is 0. The Labute approximate surface area is 127 Å². The highest BCUT2D eigenvalue weighted by Gasteiger charge is 2.33. The molecule has 0 amide bonds. The van der Waals surface area contributed by atoms with Crippen LogP contribution in [0.5, 0.6) is 0 Å². The molecule has 2 rings (SSSR count). The monoisotopic (exact) mass is 311 g/mol. The molecule has 1 heterocycles. The van der Waals surface area contributed by atoms with E-state index in [1.165, 1.54) is 17.1 Å². The normalized spacial score (nSPS) is 16.4. The molecule has 1 fully saturated rings. The van der Waals surface area contributed by atoms with Crippen molar-refractivity contribution >= 4 is 10.0 Å². The average molecular weight is 311 g/mol. The van der Waals surface area contributed by atoms with Crippen LogP contribution < -0.4 is 5.32 Å². The molecule has 0 spiro atoms. The Bertz CT molecular complexity index is 577. The van der Waals surface area contributed by atoms with Crippen molar-refractivity contribution in [1.29, 1.82) is 0 Å². The van der Waals surface area contributed by atoms with Gasteiger partial charge in [-0.15, -0.1) is 0 Å². The Hall–Kier alpha value is -0.980. The summed E-state index contributed by atoms with van der Waals surface area (Å²) < 4.78 is 26.6. The number of rotatable bonds is 7. The number of aromatic nitrogens is 1. The summed E-state index contributed by atoms with van der Waals surface area (Å²) in [5, 5.41) is 3.50. The maximum Gasteiger partial charge on any atom is 0.260 e. The van der Waals surface area contributed by atoms with Crippen molar-refractivity contribution in [3.63, 3.8) is 0 Å². The van der Waals surface area contributed by atoms with E-state index in [9.17, 15) is 8.42 Å². The van der Waals surface area contributed by atoms with Crippen LogP contribution in [0.1, 0.15) is 45.6 Å². The van der Waals surface area contributed by atoms with Gasteiger partial charge in [0.25, 0.3) is 10.0 Å². The molecule has 0 radical (unpaired) electrons. The van der Waals surface area contributed by atoms with Gasteiger partial charge in [-0.1, -0.05) is 13.0 Å². The average Bonchev–Trinajstić information content (AvgIpc) is 3.29. The van der Waals surface area contributed by atoms with E-state index in [-0.39, 0.29) is 5.03 Å². The van der Waals surface area contributed by atoms with Crippen molar-refractivity contribution in [2.24, 2.45) is 0 Å². The summed E-state index contributed by atoms with van der Waals surface area (Å²) in [4.78, 5) is 4.15. The Morgan fingerprint density at radius 2 is 2.05 bits per heavy atom. The minimum Gasteiger partial charge on any atom is -0.310 e. The Morgan fingerprint density at radius 3 is 2.52 bits per heavy atom. The summed E-state index contributed by atoms with van der Waals surface area (Å²) in [7, 11) is -1.93. The molecular weight excluding hydrogens is 286 g/mol. The number of pyridine rings is 1. The molecule has 1 aromatic rings. The van der Waals surface area contributed by atoms with E-state index in [4.69, 9.17) is 0 Å². The van der Waals surface area contributed by atoms with Crippen molar-refractivity contribution in [2.45, 2.75) is 63.2 Å². The number of sulfonamides is 1. The van der Waals surface area contributed by atoms with Crippen molar-refractivity contribution in [3.05, 3.63) is 23.9 Å². The number of nitrogens with one attached hydrogen (secondary N) is 1.